The normalized spacial score (nSPS) is 12.3. The Kier molecular flexibility index (Phi) is 57.7. The van der Waals surface area contributed by atoms with Gasteiger partial charge in [-0.15, -0.1) is 0 Å². The van der Waals surface area contributed by atoms with Crippen molar-refractivity contribution in [3.05, 3.63) is 48.6 Å². The van der Waals surface area contributed by atoms with Gasteiger partial charge in [-0.3, -0.25) is 14.4 Å². The van der Waals surface area contributed by atoms with E-state index in [1.807, 2.05) is 0 Å². The van der Waals surface area contributed by atoms with Crippen molar-refractivity contribution < 1.29 is 28.6 Å². The summed E-state index contributed by atoms with van der Waals surface area (Å²) in [5.74, 6) is -0.873. The van der Waals surface area contributed by atoms with Gasteiger partial charge in [0.05, 0.1) is 0 Å². The zero-order valence-electron chi connectivity index (χ0n) is 47.5. The molecule has 0 aliphatic heterocycles. The smallest absolute Gasteiger partial charge is 0.306 e. The van der Waals surface area contributed by atoms with E-state index in [4.69, 9.17) is 14.2 Å². The van der Waals surface area contributed by atoms with Crippen molar-refractivity contribution in [2.45, 2.75) is 335 Å². The molecule has 71 heavy (non-hydrogen) atoms. The largest absolute Gasteiger partial charge is 0.462 e. The standard InChI is InChI=1S/C65H118O6/c1-4-7-10-13-15-17-19-21-23-25-27-28-29-30-31-32-33-34-35-36-38-39-41-43-45-47-49-52-55-58-64(67)70-61-62(60-69-63(66)57-54-51-12-9-6-3)71-65(68)59-56-53-50-48-46-44-42-40-37-26-24-22-20-18-16-14-11-8-5-2/h19,21-22,24-25,27,29-30,62H,4-18,20,23,26,28,31-61H2,1-3H3/b21-19-,24-22-,27-25-,30-29-. The fraction of sp³-hybridized carbons (Fsp3) is 0.831. The predicted octanol–water partition coefficient (Wildman–Crippen LogP) is 21.0. The Hall–Kier alpha value is -2.63. The number of ether oxygens (including phenoxy) is 3. The molecule has 0 aromatic carbocycles. The summed E-state index contributed by atoms with van der Waals surface area (Å²) in [5.41, 5.74) is 0. The van der Waals surface area contributed by atoms with Gasteiger partial charge in [-0.25, -0.2) is 0 Å². The van der Waals surface area contributed by atoms with Crippen LogP contribution in [0.4, 0.5) is 0 Å². The van der Waals surface area contributed by atoms with Gasteiger partial charge in [0.1, 0.15) is 13.2 Å². The summed E-state index contributed by atoms with van der Waals surface area (Å²) in [4.78, 5) is 37.9. The number of carbonyl (C=O) groups is 3. The van der Waals surface area contributed by atoms with Crippen LogP contribution >= 0.6 is 0 Å². The van der Waals surface area contributed by atoms with E-state index in [9.17, 15) is 14.4 Å². The quantitative estimate of drug-likeness (QED) is 0.0261. The van der Waals surface area contributed by atoms with Gasteiger partial charge in [0, 0.05) is 19.3 Å². The van der Waals surface area contributed by atoms with Crippen LogP contribution in [0.1, 0.15) is 329 Å². The summed E-state index contributed by atoms with van der Waals surface area (Å²) >= 11 is 0. The van der Waals surface area contributed by atoms with Crippen molar-refractivity contribution in [3.63, 3.8) is 0 Å². The molecule has 1 unspecified atom stereocenters. The lowest BCUT2D eigenvalue weighted by molar-refractivity contribution is -0.167. The van der Waals surface area contributed by atoms with E-state index in [0.29, 0.717) is 19.3 Å². The van der Waals surface area contributed by atoms with E-state index < -0.39 is 6.10 Å². The predicted molar refractivity (Wildman–Crippen MR) is 307 cm³/mol. The van der Waals surface area contributed by atoms with Gasteiger partial charge in [0.2, 0.25) is 0 Å². The molecule has 414 valence electrons. The van der Waals surface area contributed by atoms with Crippen LogP contribution in [0, 0.1) is 0 Å². The van der Waals surface area contributed by atoms with Crippen molar-refractivity contribution in [1.82, 2.24) is 0 Å². The number of carbonyl (C=O) groups excluding carboxylic acids is 3. The minimum Gasteiger partial charge on any atom is -0.462 e. The maximum absolute atomic E-state index is 12.8. The first-order chi connectivity index (χ1) is 35.0. The molecule has 0 heterocycles. The minimum absolute atomic E-state index is 0.0717. The molecule has 6 nitrogen and oxygen atoms in total. The summed E-state index contributed by atoms with van der Waals surface area (Å²) in [6.07, 6.45) is 74.5. The molecule has 6 heteroatoms. The molecule has 0 N–H and O–H groups in total. The van der Waals surface area contributed by atoms with Crippen LogP contribution in [0.25, 0.3) is 0 Å². The maximum Gasteiger partial charge on any atom is 0.306 e. The van der Waals surface area contributed by atoms with E-state index in [0.717, 1.165) is 77.0 Å². The number of allylic oxidation sites excluding steroid dienone is 8. The molecule has 0 aromatic rings. The van der Waals surface area contributed by atoms with E-state index in [2.05, 4.69) is 69.4 Å². The second-order valence-corrected chi connectivity index (χ2v) is 21.0. The Morgan fingerprint density at radius 3 is 0.803 bits per heavy atom. The van der Waals surface area contributed by atoms with Gasteiger partial charge in [-0.2, -0.15) is 0 Å². The zero-order valence-corrected chi connectivity index (χ0v) is 47.5. The molecule has 0 saturated carbocycles. The molecule has 0 amide bonds. The molecule has 0 spiro atoms. The van der Waals surface area contributed by atoms with Crippen LogP contribution < -0.4 is 0 Å². The lowest BCUT2D eigenvalue weighted by atomic mass is 10.0. The third kappa shape index (κ3) is 58.1. The van der Waals surface area contributed by atoms with Crippen LogP contribution in [-0.2, 0) is 28.6 Å². The summed E-state index contributed by atoms with van der Waals surface area (Å²) in [5, 5.41) is 0. The highest BCUT2D eigenvalue weighted by Gasteiger charge is 2.19. The molecular formula is C65H118O6. The second kappa shape index (κ2) is 59.9. The Morgan fingerprint density at radius 1 is 0.282 bits per heavy atom. The van der Waals surface area contributed by atoms with Crippen LogP contribution in [-0.4, -0.2) is 37.2 Å². The first-order valence-electron chi connectivity index (χ1n) is 31.1. The summed E-state index contributed by atoms with van der Waals surface area (Å²) < 4.78 is 16.8. The fourth-order valence-electron chi connectivity index (χ4n) is 9.09. The molecule has 0 aliphatic carbocycles. The number of rotatable bonds is 57. The van der Waals surface area contributed by atoms with Crippen molar-refractivity contribution in [1.29, 1.82) is 0 Å². The van der Waals surface area contributed by atoms with E-state index in [-0.39, 0.29) is 31.1 Å². The number of hydrogen-bond acceptors (Lipinski definition) is 6. The van der Waals surface area contributed by atoms with Gasteiger partial charge in [0.15, 0.2) is 6.10 Å². The van der Waals surface area contributed by atoms with Crippen molar-refractivity contribution in [2.24, 2.45) is 0 Å². The Morgan fingerprint density at radius 2 is 0.507 bits per heavy atom. The second-order valence-electron chi connectivity index (χ2n) is 21.0. The Labute approximate surface area is 441 Å². The van der Waals surface area contributed by atoms with Crippen molar-refractivity contribution >= 4 is 17.9 Å². The topological polar surface area (TPSA) is 78.9 Å². The first kappa shape index (κ1) is 68.4. The molecule has 0 saturated heterocycles. The van der Waals surface area contributed by atoms with Crippen LogP contribution in [0.15, 0.2) is 48.6 Å². The van der Waals surface area contributed by atoms with Crippen LogP contribution in [0.5, 0.6) is 0 Å². The van der Waals surface area contributed by atoms with Gasteiger partial charge in [-0.05, 0) is 83.5 Å². The average molecular weight is 996 g/mol. The average Bonchev–Trinajstić information content (AvgIpc) is 3.37. The fourth-order valence-corrected chi connectivity index (χ4v) is 9.09. The van der Waals surface area contributed by atoms with Gasteiger partial charge in [-0.1, -0.05) is 275 Å². The van der Waals surface area contributed by atoms with Gasteiger partial charge in [0.25, 0.3) is 0 Å². The molecule has 0 radical (unpaired) electrons. The SMILES string of the molecule is CCCCCCC/C=C\C/C=C\C/C=C\CCCCCCCCCCCCCCCCC(=O)OCC(COC(=O)CCCCCCC)OC(=O)CCCCCCCCCCC/C=C\CCCCCCCC. The lowest BCUT2D eigenvalue weighted by Crippen LogP contribution is -2.30. The summed E-state index contributed by atoms with van der Waals surface area (Å²) in [6, 6.07) is 0. The highest BCUT2D eigenvalue weighted by atomic mass is 16.6. The van der Waals surface area contributed by atoms with E-state index in [1.165, 1.54) is 212 Å². The molecular weight excluding hydrogens is 877 g/mol. The molecule has 1 atom stereocenters. The molecule has 0 fully saturated rings. The Bertz CT molecular complexity index is 1230. The zero-order chi connectivity index (χ0) is 51.4. The number of unbranched alkanes of at least 4 members (excludes halogenated alkanes) is 38. The number of hydrogen-bond donors (Lipinski definition) is 0. The third-order valence-electron chi connectivity index (χ3n) is 13.8. The molecule has 0 bridgehead atoms. The highest BCUT2D eigenvalue weighted by molar-refractivity contribution is 5.71. The highest BCUT2D eigenvalue weighted by Crippen LogP contribution is 2.17. The van der Waals surface area contributed by atoms with Gasteiger partial charge >= 0.3 is 17.9 Å². The number of esters is 3. The molecule has 0 rings (SSSR count). The van der Waals surface area contributed by atoms with Crippen LogP contribution in [0.2, 0.25) is 0 Å². The summed E-state index contributed by atoms with van der Waals surface area (Å²) in [6.45, 7) is 6.58. The van der Waals surface area contributed by atoms with Gasteiger partial charge < -0.3 is 14.2 Å². The third-order valence-corrected chi connectivity index (χ3v) is 13.8. The van der Waals surface area contributed by atoms with E-state index in [1.54, 1.807) is 0 Å². The van der Waals surface area contributed by atoms with Crippen molar-refractivity contribution in [2.75, 3.05) is 13.2 Å². The van der Waals surface area contributed by atoms with Crippen molar-refractivity contribution in [3.8, 4) is 0 Å². The summed E-state index contributed by atoms with van der Waals surface area (Å²) in [7, 11) is 0. The van der Waals surface area contributed by atoms with Crippen LogP contribution in [0.3, 0.4) is 0 Å². The lowest BCUT2D eigenvalue weighted by Gasteiger charge is -2.18. The Balaban J connectivity index is 4.00. The monoisotopic (exact) mass is 995 g/mol. The van der Waals surface area contributed by atoms with E-state index >= 15 is 0 Å². The molecule has 0 aromatic heterocycles. The maximum atomic E-state index is 12.8. The minimum atomic E-state index is -0.769. The first-order valence-corrected chi connectivity index (χ1v) is 31.1. The molecule has 0 aliphatic rings.